The highest BCUT2D eigenvalue weighted by Gasteiger charge is 2.26. The number of hydrogen-bond acceptors (Lipinski definition) is 11. The Morgan fingerprint density at radius 3 is 1.70 bits per heavy atom. The molecule has 11 nitrogen and oxygen atoms in total. The van der Waals surface area contributed by atoms with E-state index in [0.29, 0.717) is 11.8 Å². The Morgan fingerprint density at radius 1 is 0.733 bits per heavy atom. The van der Waals surface area contributed by atoms with Gasteiger partial charge in [-0.3, -0.25) is 9.59 Å². The number of alkyl carbamates (subject to hydrolysis) is 1. The van der Waals surface area contributed by atoms with E-state index in [4.69, 9.17) is 18.9 Å². The summed E-state index contributed by atoms with van der Waals surface area (Å²) >= 11 is 0.566. The molecule has 0 aromatic heterocycles. The molecular formula is C18H29NO10S. The van der Waals surface area contributed by atoms with Gasteiger partial charge in [-0.25, -0.2) is 14.4 Å². The lowest BCUT2D eigenvalue weighted by atomic mass is 10.2. The van der Waals surface area contributed by atoms with E-state index in [1.54, 1.807) is 41.5 Å². The minimum absolute atomic E-state index is 0.233. The summed E-state index contributed by atoms with van der Waals surface area (Å²) in [6.07, 6.45) is -1.51. The molecule has 172 valence electrons. The number of hydrogen-bond donors (Lipinski definition) is 1. The molecule has 0 aliphatic carbocycles. The highest BCUT2D eigenvalue weighted by Crippen LogP contribution is 2.10. The zero-order chi connectivity index (χ0) is 23.3. The molecule has 0 fully saturated rings. The second-order valence-electron chi connectivity index (χ2n) is 6.79. The molecule has 1 atom stereocenters. The van der Waals surface area contributed by atoms with E-state index in [1.807, 2.05) is 0 Å². The third kappa shape index (κ3) is 12.9. The molecule has 30 heavy (non-hydrogen) atoms. The zero-order valence-corrected chi connectivity index (χ0v) is 18.7. The van der Waals surface area contributed by atoms with Crippen molar-refractivity contribution < 1.29 is 47.7 Å². The summed E-state index contributed by atoms with van der Waals surface area (Å²) in [5.41, 5.74) is 0. The Morgan fingerprint density at radius 2 is 1.23 bits per heavy atom. The van der Waals surface area contributed by atoms with Gasteiger partial charge in [-0.1, -0.05) is 27.7 Å². The smallest absolute Gasteiger partial charge is 0.410 e. The topological polar surface area (TPSA) is 144 Å². The lowest BCUT2D eigenvalue weighted by molar-refractivity contribution is -0.156. The van der Waals surface area contributed by atoms with Crippen LogP contribution >= 0.6 is 11.8 Å². The highest BCUT2D eigenvalue weighted by molar-refractivity contribution is 8.13. The van der Waals surface area contributed by atoms with Crippen molar-refractivity contribution in [3.63, 3.8) is 0 Å². The van der Waals surface area contributed by atoms with Crippen LogP contribution in [0.1, 0.15) is 41.5 Å². The molecule has 0 radical (unpaired) electrons. The summed E-state index contributed by atoms with van der Waals surface area (Å²) in [5, 5.41) is 1.40. The fourth-order valence-electron chi connectivity index (χ4n) is 1.47. The fraction of sp³-hybridized carbons (Fsp3) is 0.722. The van der Waals surface area contributed by atoms with Gasteiger partial charge in [0.25, 0.3) is 0 Å². The normalized spacial score (nSPS) is 11.6. The number of nitrogens with one attached hydrogen (secondary N) is 1. The maximum Gasteiger partial charge on any atom is 0.410 e. The minimum atomic E-state index is -1.24. The first-order chi connectivity index (χ1) is 13.9. The summed E-state index contributed by atoms with van der Waals surface area (Å²) < 4.78 is 23.8. The Hall–Kier alpha value is -2.50. The second-order valence-corrected chi connectivity index (χ2v) is 7.75. The third-order valence-electron chi connectivity index (χ3n) is 3.01. The predicted octanol–water partition coefficient (Wildman–Crippen LogP) is 2.22. The summed E-state index contributed by atoms with van der Waals surface area (Å²) in [5.74, 6) is -2.89. The second kappa shape index (κ2) is 14.5. The largest absolute Gasteiger partial charge is 0.461 e. The van der Waals surface area contributed by atoms with Gasteiger partial charge in [0.15, 0.2) is 0 Å². The van der Waals surface area contributed by atoms with Gasteiger partial charge < -0.3 is 29.0 Å². The van der Waals surface area contributed by atoms with Gasteiger partial charge in [-0.15, -0.1) is 0 Å². The molecule has 0 heterocycles. The van der Waals surface area contributed by atoms with Gasteiger partial charge in [0.1, 0.15) is 6.04 Å². The summed E-state index contributed by atoms with van der Waals surface area (Å²) in [6, 6.07) is -1.24. The Bertz CT molecular complexity index is 606. The van der Waals surface area contributed by atoms with Crippen molar-refractivity contribution in [2.75, 3.05) is 19.3 Å². The fourth-order valence-corrected chi connectivity index (χ4v) is 2.12. The molecule has 0 saturated heterocycles. The number of amides is 1. The number of esters is 3. The van der Waals surface area contributed by atoms with Crippen LogP contribution in [0.5, 0.6) is 0 Å². The highest BCUT2D eigenvalue weighted by atomic mass is 32.2. The molecule has 0 bridgehead atoms. The van der Waals surface area contributed by atoms with Crippen molar-refractivity contribution in [1.82, 2.24) is 5.32 Å². The number of rotatable bonds is 11. The number of carbonyl (C=O) groups excluding carboxylic acids is 5. The van der Waals surface area contributed by atoms with Crippen LogP contribution in [0.3, 0.4) is 0 Å². The van der Waals surface area contributed by atoms with Crippen LogP contribution in [0.4, 0.5) is 9.59 Å². The molecule has 1 N–H and O–H groups in total. The van der Waals surface area contributed by atoms with Gasteiger partial charge in [-0.2, -0.15) is 0 Å². The van der Waals surface area contributed by atoms with Gasteiger partial charge in [0.05, 0.1) is 17.9 Å². The molecular weight excluding hydrogens is 422 g/mol. The zero-order valence-electron chi connectivity index (χ0n) is 17.9. The number of thioether (sulfide) groups is 1. The minimum Gasteiger partial charge on any atom is -0.461 e. The van der Waals surface area contributed by atoms with Crippen molar-refractivity contribution >= 4 is 41.1 Å². The van der Waals surface area contributed by atoms with E-state index in [0.717, 1.165) is 0 Å². The van der Waals surface area contributed by atoms with Gasteiger partial charge in [0, 0.05) is 5.75 Å². The van der Waals surface area contributed by atoms with Crippen LogP contribution in [0, 0.1) is 11.8 Å². The van der Waals surface area contributed by atoms with Crippen molar-refractivity contribution in [3.05, 3.63) is 0 Å². The molecule has 0 unspecified atom stereocenters. The van der Waals surface area contributed by atoms with Gasteiger partial charge >= 0.3 is 29.3 Å². The van der Waals surface area contributed by atoms with Crippen molar-refractivity contribution in [2.24, 2.45) is 11.8 Å². The van der Waals surface area contributed by atoms with E-state index in [9.17, 15) is 24.0 Å². The first-order valence-corrected chi connectivity index (χ1v) is 10.2. The van der Waals surface area contributed by atoms with Crippen LogP contribution < -0.4 is 5.32 Å². The van der Waals surface area contributed by atoms with Gasteiger partial charge in [-0.05, 0) is 25.6 Å². The lowest BCUT2D eigenvalue weighted by Crippen LogP contribution is -2.45. The summed E-state index contributed by atoms with van der Waals surface area (Å²) in [4.78, 5) is 58.3. The Kier molecular flexibility index (Phi) is 13.3. The quantitative estimate of drug-likeness (QED) is 0.280. The Balaban J connectivity index is 4.58. The van der Waals surface area contributed by atoms with Crippen LogP contribution in [-0.2, 0) is 38.1 Å². The SMILES string of the molecule is CC(C)OC(=O)[C@H](CSC(=O)OCOC(=O)C(C)C)NC(=O)OCOC(=O)C(C)C. The Labute approximate surface area is 179 Å². The maximum atomic E-state index is 12.1. The molecule has 0 spiro atoms. The monoisotopic (exact) mass is 451 g/mol. The average molecular weight is 451 g/mol. The molecule has 12 heteroatoms. The summed E-state index contributed by atoms with van der Waals surface area (Å²) in [7, 11) is 0. The van der Waals surface area contributed by atoms with E-state index in [2.05, 4.69) is 10.1 Å². The van der Waals surface area contributed by atoms with Crippen molar-refractivity contribution in [3.8, 4) is 0 Å². The van der Waals surface area contributed by atoms with Crippen LogP contribution in [0.2, 0.25) is 0 Å². The molecule has 0 rings (SSSR count). The number of carbonyl (C=O) groups is 5. The summed E-state index contributed by atoms with van der Waals surface area (Å²) in [6.45, 7) is 8.50. The average Bonchev–Trinajstić information content (AvgIpc) is 2.63. The first kappa shape index (κ1) is 27.5. The lowest BCUT2D eigenvalue weighted by Gasteiger charge is -2.18. The maximum absolute atomic E-state index is 12.1. The number of ether oxygens (including phenoxy) is 5. The molecule has 0 aromatic carbocycles. The van der Waals surface area contributed by atoms with Crippen molar-refractivity contribution in [1.29, 1.82) is 0 Å². The van der Waals surface area contributed by atoms with Crippen LogP contribution in [0.25, 0.3) is 0 Å². The van der Waals surface area contributed by atoms with E-state index in [1.165, 1.54) is 0 Å². The molecule has 0 aliphatic rings. The van der Waals surface area contributed by atoms with E-state index >= 15 is 0 Å². The third-order valence-corrected chi connectivity index (χ3v) is 3.86. The van der Waals surface area contributed by atoms with Crippen LogP contribution in [0.15, 0.2) is 0 Å². The molecule has 0 aliphatic heterocycles. The predicted molar refractivity (Wildman–Crippen MR) is 105 cm³/mol. The first-order valence-electron chi connectivity index (χ1n) is 9.20. The van der Waals surface area contributed by atoms with Gasteiger partial charge in [0.2, 0.25) is 13.6 Å². The molecule has 0 saturated carbocycles. The standard InChI is InChI=1S/C18H29NO10S/c1-10(2)14(20)25-8-27-17(23)19-13(16(22)29-12(5)6)7-30-18(24)28-9-26-15(21)11(3)4/h10-13H,7-9H2,1-6H3,(H,19,23)/t13-/m0/s1. The van der Waals surface area contributed by atoms with Crippen LogP contribution in [-0.4, -0.2) is 60.8 Å². The molecule has 1 amide bonds. The van der Waals surface area contributed by atoms with Crippen molar-refractivity contribution in [2.45, 2.75) is 53.7 Å². The molecule has 0 aromatic rings. The van der Waals surface area contributed by atoms with E-state index in [-0.39, 0.29) is 11.7 Å². The van der Waals surface area contributed by atoms with E-state index < -0.39 is 61.0 Å².